The van der Waals surface area contributed by atoms with Gasteiger partial charge in [0.15, 0.2) is 5.65 Å². The molecule has 1 fully saturated rings. The zero-order valence-corrected chi connectivity index (χ0v) is 26.3. The first-order valence-corrected chi connectivity index (χ1v) is 15.8. The van der Waals surface area contributed by atoms with Crippen LogP contribution in [0.2, 0.25) is 15.1 Å². The van der Waals surface area contributed by atoms with Gasteiger partial charge in [0.05, 0.1) is 32.1 Å². The second-order valence-electron chi connectivity index (χ2n) is 10.2. The van der Waals surface area contributed by atoms with Gasteiger partial charge in [-0.15, -0.1) is 4.28 Å². The van der Waals surface area contributed by atoms with Crippen molar-refractivity contribution in [1.82, 2.24) is 24.6 Å². The molecule has 0 saturated carbocycles. The number of ether oxygens (including phenoxy) is 1. The third kappa shape index (κ3) is 6.51. The van der Waals surface area contributed by atoms with Gasteiger partial charge < -0.3 is 13.7 Å². The summed E-state index contributed by atoms with van der Waals surface area (Å²) in [6.45, 7) is 1.60. The number of hydrogen-bond acceptors (Lipinski definition) is 9. The topological polar surface area (TPSA) is 129 Å². The minimum atomic E-state index is -4.62. The molecule has 4 heterocycles. The molecule has 1 aliphatic rings. The number of imidazole rings is 1. The Kier molecular flexibility index (Phi) is 8.39. The number of nitrogens with zero attached hydrogens (tertiary/aromatic N) is 5. The van der Waals surface area contributed by atoms with E-state index in [0.717, 1.165) is 27.3 Å². The van der Waals surface area contributed by atoms with E-state index in [1.54, 1.807) is 19.1 Å². The minimum Gasteiger partial charge on any atom is -0.487 e. The first-order valence-electron chi connectivity index (χ1n) is 13.2. The van der Waals surface area contributed by atoms with E-state index in [1.165, 1.54) is 30.5 Å². The van der Waals surface area contributed by atoms with Crippen LogP contribution < -0.4 is 4.74 Å². The van der Waals surface area contributed by atoms with E-state index in [9.17, 15) is 26.4 Å². The summed E-state index contributed by atoms with van der Waals surface area (Å²) in [5.41, 5.74) is 0.239. The minimum absolute atomic E-state index is 0.00302. The third-order valence-electron chi connectivity index (χ3n) is 6.86. The number of pyridine rings is 1. The number of carbonyl (C=O) groups excluding carboxylic acids is 1. The molecule has 0 radical (unpaired) electrons. The summed E-state index contributed by atoms with van der Waals surface area (Å²) in [4.78, 5) is 20.8. The molecule has 46 heavy (non-hydrogen) atoms. The van der Waals surface area contributed by atoms with Gasteiger partial charge in [-0.3, -0.25) is 4.79 Å². The number of hydroxylamine groups is 2. The van der Waals surface area contributed by atoms with Crippen molar-refractivity contribution in [3.8, 4) is 28.7 Å². The zero-order valence-electron chi connectivity index (χ0n) is 23.3. The fraction of sp³-hybridized carbons (Fsp3) is 0.214. The zero-order chi connectivity index (χ0) is 33.0. The Morgan fingerprint density at radius 2 is 1.74 bits per heavy atom. The van der Waals surface area contributed by atoms with Gasteiger partial charge in [0.1, 0.15) is 17.5 Å². The molecule has 1 amide bonds. The normalized spacial score (nSPS) is 15.9. The lowest BCUT2D eigenvalue weighted by Gasteiger charge is -2.31. The molecule has 11 nitrogen and oxygen atoms in total. The molecule has 0 aliphatic carbocycles. The van der Waals surface area contributed by atoms with Crippen molar-refractivity contribution in [3.05, 3.63) is 81.1 Å². The van der Waals surface area contributed by atoms with Gasteiger partial charge in [-0.05, 0) is 37.6 Å². The second-order valence-corrected chi connectivity index (χ2v) is 12.9. The number of benzene rings is 2. The Hall–Kier alpha value is -3.89. The number of carbonyl (C=O) groups is 1. The Labute approximate surface area is 273 Å². The molecule has 1 aliphatic heterocycles. The Morgan fingerprint density at radius 3 is 2.46 bits per heavy atom. The van der Waals surface area contributed by atoms with E-state index in [4.69, 9.17) is 48.3 Å². The number of aromatic nitrogens is 4. The van der Waals surface area contributed by atoms with Crippen molar-refractivity contribution >= 4 is 56.5 Å². The van der Waals surface area contributed by atoms with E-state index in [2.05, 4.69) is 15.1 Å². The number of amides is 1. The maximum absolute atomic E-state index is 13.2. The lowest BCUT2D eigenvalue weighted by molar-refractivity contribution is -0.166. The molecule has 1 atom stereocenters. The third-order valence-corrected chi connectivity index (χ3v) is 8.97. The molecule has 0 unspecified atom stereocenters. The van der Waals surface area contributed by atoms with Crippen molar-refractivity contribution < 1.29 is 39.9 Å². The lowest BCUT2D eigenvalue weighted by atomic mass is 10.1. The highest BCUT2D eigenvalue weighted by Crippen LogP contribution is 2.38. The molecule has 3 aromatic heterocycles. The number of aryl methyl sites for hydroxylation is 1. The van der Waals surface area contributed by atoms with Gasteiger partial charge in [0.2, 0.25) is 11.7 Å². The Balaban J connectivity index is 1.18. The average Bonchev–Trinajstić information content (AvgIpc) is 3.64. The van der Waals surface area contributed by atoms with Crippen molar-refractivity contribution in [2.45, 2.75) is 36.9 Å². The fourth-order valence-electron chi connectivity index (χ4n) is 4.54. The van der Waals surface area contributed by atoms with E-state index in [0.29, 0.717) is 0 Å². The monoisotopic (exact) mass is 715 g/mol. The molecule has 0 bridgehead atoms. The number of hydrogen-bond donors (Lipinski definition) is 0. The smallest absolute Gasteiger partial charge is 0.417 e. The molecule has 18 heteroatoms. The van der Waals surface area contributed by atoms with Crippen molar-refractivity contribution in [1.29, 1.82) is 0 Å². The van der Waals surface area contributed by atoms with Crippen LogP contribution in [-0.4, -0.2) is 51.6 Å². The molecule has 0 N–H and O–H groups in total. The fourth-order valence-corrected chi connectivity index (χ4v) is 6.18. The summed E-state index contributed by atoms with van der Waals surface area (Å²) < 4.78 is 82.5. The maximum atomic E-state index is 13.2. The van der Waals surface area contributed by atoms with Crippen LogP contribution in [0.3, 0.4) is 0 Å². The standard InChI is InChI=1S/C28H19Cl3F3N5O6S/c1-14-2-5-17(6-3-14)46(41,42)45-39-12-16(4-7-24(39)40)43-23-10-19(29)18(9-20(23)30)25-36-27(44-37-25)22-13-38-11-15(28(32,33)34)8-21(31)26(38)35-22/h2-3,5-6,8-11,13,16H,4,7,12H2,1H3/t16-/m1/s1. The van der Waals surface area contributed by atoms with E-state index >= 15 is 0 Å². The van der Waals surface area contributed by atoms with E-state index in [-0.39, 0.29) is 73.7 Å². The van der Waals surface area contributed by atoms with Gasteiger partial charge in [-0.1, -0.05) is 57.7 Å². The van der Waals surface area contributed by atoms with E-state index in [1.807, 2.05) is 0 Å². The largest absolute Gasteiger partial charge is 0.487 e. The number of piperidine rings is 1. The summed E-state index contributed by atoms with van der Waals surface area (Å²) in [7, 11) is -4.27. The molecule has 1 saturated heterocycles. The molecule has 5 aromatic rings. The van der Waals surface area contributed by atoms with Crippen LogP contribution in [0.15, 0.2) is 64.3 Å². The van der Waals surface area contributed by atoms with Gasteiger partial charge in [-0.2, -0.15) is 31.6 Å². The summed E-state index contributed by atoms with van der Waals surface area (Å²) >= 11 is 19.0. The molecule has 6 rings (SSSR count). The number of rotatable bonds is 7. The summed E-state index contributed by atoms with van der Waals surface area (Å²) in [6.07, 6.45) is -3.01. The van der Waals surface area contributed by atoms with Gasteiger partial charge in [0, 0.05) is 30.4 Å². The quantitative estimate of drug-likeness (QED) is 0.174. The predicted molar refractivity (Wildman–Crippen MR) is 159 cm³/mol. The number of fused-ring (bicyclic) bond motifs is 1. The highest BCUT2D eigenvalue weighted by atomic mass is 35.5. The SMILES string of the molecule is Cc1ccc(S(=O)(=O)ON2C[C@H](Oc3cc(Cl)c(-c4noc(-c5cn6cc(C(F)(F)F)cc(Cl)c6n5)n4)cc3Cl)CCC2=O)cc1. The summed E-state index contributed by atoms with van der Waals surface area (Å²) in [6, 6.07) is 9.54. The van der Waals surface area contributed by atoms with Crippen molar-refractivity contribution in [3.63, 3.8) is 0 Å². The van der Waals surface area contributed by atoms with Gasteiger partial charge in [-0.25, -0.2) is 4.98 Å². The number of alkyl halides is 3. The van der Waals surface area contributed by atoms with E-state index < -0.39 is 33.9 Å². The van der Waals surface area contributed by atoms with Crippen LogP contribution in [0.1, 0.15) is 24.0 Å². The average molecular weight is 717 g/mol. The van der Waals surface area contributed by atoms with Crippen LogP contribution in [0, 0.1) is 6.92 Å². The summed E-state index contributed by atoms with van der Waals surface area (Å²) in [5, 5.41) is 4.59. The first-order chi connectivity index (χ1) is 21.7. The van der Waals surface area contributed by atoms with Gasteiger partial charge >= 0.3 is 16.3 Å². The summed E-state index contributed by atoms with van der Waals surface area (Å²) in [5.74, 6) is -0.521. The highest BCUT2D eigenvalue weighted by molar-refractivity contribution is 7.86. The Morgan fingerprint density at radius 1 is 1.00 bits per heavy atom. The van der Waals surface area contributed by atoms with Crippen LogP contribution in [0.5, 0.6) is 5.75 Å². The predicted octanol–water partition coefficient (Wildman–Crippen LogP) is 7.03. The lowest BCUT2D eigenvalue weighted by Crippen LogP contribution is -2.45. The molecule has 0 spiro atoms. The van der Waals surface area contributed by atoms with Crippen LogP contribution in [-0.2, 0) is 25.4 Å². The maximum Gasteiger partial charge on any atom is 0.417 e. The van der Waals surface area contributed by atoms with Crippen LogP contribution in [0.25, 0.3) is 28.6 Å². The molecular formula is C28H19Cl3F3N5O6S. The van der Waals surface area contributed by atoms with Gasteiger partial charge in [0.25, 0.3) is 5.89 Å². The van der Waals surface area contributed by atoms with Crippen molar-refractivity contribution in [2.24, 2.45) is 0 Å². The van der Waals surface area contributed by atoms with Crippen LogP contribution >= 0.6 is 34.8 Å². The molecule has 2 aromatic carbocycles. The Bertz CT molecular complexity index is 2090. The van der Waals surface area contributed by atoms with Crippen LogP contribution in [0.4, 0.5) is 13.2 Å². The number of halogens is 6. The highest BCUT2D eigenvalue weighted by Gasteiger charge is 2.34. The first kappa shape index (κ1) is 32.1. The molecular weight excluding hydrogens is 698 g/mol. The second kappa shape index (κ2) is 12.0. The van der Waals surface area contributed by atoms with Crippen molar-refractivity contribution in [2.75, 3.05) is 6.54 Å². The molecule has 240 valence electrons.